The Kier molecular flexibility index (Phi) is 2.66. The molecule has 0 unspecified atom stereocenters. The average Bonchev–Trinajstić information content (AvgIpc) is 2.98. The third-order valence-corrected chi connectivity index (χ3v) is 3.54. The minimum Gasteiger partial charge on any atom is -0.265 e. The molecule has 5 heteroatoms. The van der Waals surface area contributed by atoms with E-state index in [1.807, 2.05) is 13.1 Å². The molecule has 2 aromatic rings. The van der Waals surface area contributed by atoms with E-state index >= 15 is 0 Å². The number of aromatic amines is 1. The lowest BCUT2D eigenvalue weighted by molar-refractivity contribution is 0.429. The fourth-order valence-corrected chi connectivity index (χ4v) is 2.54. The molecule has 2 heterocycles. The normalized spacial score (nSPS) is 17.5. The maximum Gasteiger partial charge on any atom is 0.199 e. The summed E-state index contributed by atoms with van der Waals surface area (Å²) in [5.74, 6) is 2.37. The van der Waals surface area contributed by atoms with Crippen LogP contribution in [0.25, 0.3) is 11.5 Å². The number of hydrogen-bond acceptors (Lipinski definition) is 3. The molecule has 0 aliphatic heterocycles. The summed E-state index contributed by atoms with van der Waals surface area (Å²) >= 11 is 0. The third-order valence-electron chi connectivity index (χ3n) is 3.54. The van der Waals surface area contributed by atoms with Crippen LogP contribution < -0.4 is 0 Å². The SMILES string of the molecule is Cn1nccc1-c1n[nH]c(C2CCCCC2)n1. The van der Waals surface area contributed by atoms with Crippen molar-refractivity contribution in [3.63, 3.8) is 0 Å². The molecule has 1 aliphatic carbocycles. The van der Waals surface area contributed by atoms with Gasteiger partial charge in [0.1, 0.15) is 11.5 Å². The molecule has 0 saturated heterocycles. The molecule has 0 spiro atoms. The molecule has 1 fully saturated rings. The minimum atomic E-state index is 0.568. The number of nitrogens with zero attached hydrogens (tertiary/aromatic N) is 4. The van der Waals surface area contributed by atoms with Gasteiger partial charge in [0, 0.05) is 19.2 Å². The van der Waals surface area contributed by atoms with Crippen LogP contribution in [0.4, 0.5) is 0 Å². The van der Waals surface area contributed by atoms with Gasteiger partial charge >= 0.3 is 0 Å². The lowest BCUT2D eigenvalue weighted by Gasteiger charge is -2.18. The highest BCUT2D eigenvalue weighted by molar-refractivity contribution is 5.48. The molecule has 1 N–H and O–H groups in total. The van der Waals surface area contributed by atoms with Crippen LogP contribution in [-0.2, 0) is 7.05 Å². The number of nitrogens with one attached hydrogen (secondary N) is 1. The van der Waals surface area contributed by atoms with Crippen molar-refractivity contribution in [2.75, 3.05) is 0 Å². The van der Waals surface area contributed by atoms with Crippen LogP contribution in [0, 0.1) is 0 Å². The quantitative estimate of drug-likeness (QED) is 0.862. The predicted molar refractivity (Wildman–Crippen MR) is 64.4 cm³/mol. The number of H-pyrrole nitrogens is 1. The molecule has 0 aromatic carbocycles. The van der Waals surface area contributed by atoms with Gasteiger partial charge in [0.05, 0.1) is 0 Å². The highest BCUT2D eigenvalue weighted by Gasteiger charge is 2.20. The molecule has 1 aliphatic rings. The van der Waals surface area contributed by atoms with Crippen molar-refractivity contribution in [3.05, 3.63) is 18.1 Å². The summed E-state index contributed by atoms with van der Waals surface area (Å²) in [5.41, 5.74) is 0.961. The van der Waals surface area contributed by atoms with E-state index in [4.69, 9.17) is 0 Å². The second kappa shape index (κ2) is 4.31. The van der Waals surface area contributed by atoms with Crippen molar-refractivity contribution in [2.24, 2.45) is 7.05 Å². The molecule has 17 heavy (non-hydrogen) atoms. The van der Waals surface area contributed by atoms with Crippen molar-refractivity contribution in [2.45, 2.75) is 38.0 Å². The number of aryl methyl sites for hydroxylation is 1. The Morgan fingerprint density at radius 2 is 2.12 bits per heavy atom. The lowest BCUT2D eigenvalue weighted by Crippen LogP contribution is -2.06. The van der Waals surface area contributed by atoms with Crippen LogP contribution in [0.3, 0.4) is 0 Å². The largest absolute Gasteiger partial charge is 0.265 e. The van der Waals surface area contributed by atoms with Crippen LogP contribution in [0.1, 0.15) is 43.8 Å². The molecule has 90 valence electrons. The van der Waals surface area contributed by atoms with Crippen LogP contribution in [-0.4, -0.2) is 25.0 Å². The summed E-state index contributed by atoms with van der Waals surface area (Å²) in [5, 5.41) is 11.5. The second-order valence-corrected chi connectivity index (χ2v) is 4.72. The number of rotatable bonds is 2. The van der Waals surface area contributed by atoms with E-state index in [0.29, 0.717) is 5.92 Å². The molecule has 1 saturated carbocycles. The molecule has 0 atom stereocenters. The fraction of sp³-hybridized carbons (Fsp3) is 0.583. The number of hydrogen-bond donors (Lipinski definition) is 1. The first-order valence-corrected chi connectivity index (χ1v) is 6.25. The van der Waals surface area contributed by atoms with Gasteiger partial charge in [-0.25, -0.2) is 4.98 Å². The van der Waals surface area contributed by atoms with E-state index in [0.717, 1.165) is 17.3 Å². The first-order valence-electron chi connectivity index (χ1n) is 6.25. The Bertz CT molecular complexity index is 492. The zero-order chi connectivity index (χ0) is 11.7. The standard InChI is InChI=1S/C12H17N5/c1-17-10(7-8-13-17)12-14-11(15-16-12)9-5-3-2-4-6-9/h7-9H,2-6H2,1H3,(H,14,15,16). The molecular weight excluding hydrogens is 214 g/mol. The summed E-state index contributed by atoms with van der Waals surface area (Å²) in [6.07, 6.45) is 8.23. The Morgan fingerprint density at radius 3 is 2.82 bits per heavy atom. The topological polar surface area (TPSA) is 59.4 Å². The molecule has 0 radical (unpaired) electrons. The van der Waals surface area contributed by atoms with Crippen LogP contribution in [0.2, 0.25) is 0 Å². The summed E-state index contributed by atoms with van der Waals surface area (Å²) < 4.78 is 1.80. The van der Waals surface area contributed by atoms with E-state index in [-0.39, 0.29) is 0 Å². The fourth-order valence-electron chi connectivity index (χ4n) is 2.54. The predicted octanol–water partition coefficient (Wildman–Crippen LogP) is 2.25. The van der Waals surface area contributed by atoms with Crippen LogP contribution in [0.15, 0.2) is 12.3 Å². The molecule has 2 aromatic heterocycles. The van der Waals surface area contributed by atoms with Crippen molar-refractivity contribution >= 4 is 0 Å². The summed E-state index contributed by atoms with van der Waals surface area (Å²) in [4.78, 5) is 4.61. The van der Waals surface area contributed by atoms with Crippen molar-refractivity contribution < 1.29 is 0 Å². The highest BCUT2D eigenvalue weighted by atomic mass is 15.3. The maximum absolute atomic E-state index is 4.61. The van der Waals surface area contributed by atoms with Gasteiger partial charge in [-0.05, 0) is 18.9 Å². The smallest absolute Gasteiger partial charge is 0.199 e. The van der Waals surface area contributed by atoms with Gasteiger partial charge in [0.25, 0.3) is 0 Å². The number of aromatic nitrogens is 5. The average molecular weight is 231 g/mol. The van der Waals surface area contributed by atoms with Gasteiger partial charge < -0.3 is 0 Å². The Labute approximate surface area is 100 Å². The van der Waals surface area contributed by atoms with E-state index < -0.39 is 0 Å². The summed E-state index contributed by atoms with van der Waals surface area (Å²) in [6, 6.07) is 1.94. The second-order valence-electron chi connectivity index (χ2n) is 4.72. The molecule has 0 bridgehead atoms. The van der Waals surface area contributed by atoms with Crippen molar-refractivity contribution in [1.29, 1.82) is 0 Å². The first kappa shape index (κ1) is 10.5. The van der Waals surface area contributed by atoms with E-state index in [9.17, 15) is 0 Å². The maximum atomic E-state index is 4.61. The summed E-state index contributed by atoms with van der Waals surface area (Å²) in [7, 11) is 1.91. The zero-order valence-electron chi connectivity index (χ0n) is 10.1. The lowest BCUT2D eigenvalue weighted by atomic mass is 9.89. The van der Waals surface area contributed by atoms with E-state index in [2.05, 4.69) is 20.3 Å². The minimum absolute atomic E-state index is 0.568. The Balaban J connectivity index is 1.85. The third kappa shape index (κ3) is 1.97. The van der Waals surface area contributed by atoms with E-state index in [1.54, 1.807) is 10.9 Å². The Hall–Kier alpha value is -1.65. The molecule has 5 nitrogen and oxygen atoms in total. The highest BCUT2D eigenvalue weighted by Crippen LogP contribution is 2.31. The van der Waals surface area contributed by atoms with Gasteiger partial charge in [-0.3, -0.25) is 9.78 Å². The van der Waals surface area contributed by atoms with Crippen LogP contribution >= 0.6 is 0 Å². The van der Waals surface area contributed by atoms with E-state index in [1.165, 1.54) is 32.1 Å². The zero-order valence-corrected chi connectivity index (χ0v) is 10.1. The van der Waals surface area contributed by atoms with Gasteiger partial charge in [-0.1, -0.05) is 19.3 Å². The molecular formula is C12H17N5. The molecule has 3 rings (SSSR count). The van der Waals surface area contributed by atoms with Gasteiger partial charge in [-0.2, -0.15) is 10.2 Å². The monoisotopic (exact) mass is 231 g/mol. The van der Waals surface area contributed by atoms with Crippen molar-refractivity contribution in [1.82, 2.24) is 25.0 Å². The van der Waals surface area contributed by atoms with Crippen molar-refractivity contribution in [3.8, 4) is 11.5 Å². The Morgan fingerprint density at radius 1 is 1.29 bits per heavy atom. The molecule has 0 amide bonds. The first-order chi connectivity index (χ1) is 8.34. The van der Waals surface area contributed by atoms with Gasteiger partial charge in [-0.15, -0.1) is 0 Å². The van der Waals surface area contributed by atoms with Crippen LogP contribution in [0.5, 0.6) is 0 Å². The van der Waals surface area contributed by atoms with Gasteiger partial charge in [0.15, 0.2) is 5.82 Å². The van der Waals surface area contributed by atoms with Gasteiger partial charge in [0.2, 0.25) is 0 Å². The summed E-state index contributed by atoms with van der Waals surface area (Å²) in [6.45, 7) is 0.